The normalized spacial score (nSPS) is 17.9. The number of rotatable bonds is 6. The van der Waals surface area contributed by atoms with Gasteiger partial charge >= 0.3 is 18.1 Å². The number of carbonyl (C=O) groups is 3. The maximum Gasteiger partial charge on any atom is 0.508 e. The number of carbonyl (C=O) groups excluding carboxylic acids is 3. The second-order valence-electron chi connectivity index (χ2n) is 6.22. The van der Waals surface area contributed by atoms with Gasteiger partial charge < -0.3 is 18.9 Å². The van der Waals surface area contributed by atoms with E-state index in [1.165, 1.54) is 13.8 Å². The minimum atomic E-state index is -1.30. The second kappa shape index (κ2) is 9.03. The Bertz CT molecular complexity index is 721. The zero-order valence-corrected chi connectivity index (χ0v) is 16.9. The summed E-state index contributed by atoms with van der Waals surface area (Å²) in [7, 11) is 0. The largest absolute Gasteiger partial charge is 0.508 e. The van der Waals surface area contributed by atoms with Crippen molar-refractivity contribution in [2.45, 2.75) is 32.5 Å². The summed E-state index contributed by atoms with van der Waals surface area (Å²) < 4.78 is 20.8. The summed E-state index contributed by atoms with van der Waals surface area (Å²) in [4.78, 5) is 36.2. The first-order valence-electron chi connectivity index (χ1n) is 8.41. The van der Waals surface area contributed by atoms with E-state index in [-0.39, 0.29) is 13.2 Å². The summed E-state index contributed by atoms with van der Waals surface area (Å²) in [5.41, 5.74) is 0.704. The lowest BCUT2D eigenvalue weighted by molar-refractivity contribution is -0.240. The molecule has 0 amide bonds. The van der Waals surface area contributed by atoms with Gasteiger partial charge in [0.25, 0.3) is 5.79 Å². The van der Waals surface area contributed by atoms with E-state index in [1.807, 2.05) is 6.07 Å². The van der Waals surface area contributed by atoms with E-state index in [1.54, 1.807) is 37.3 Å². The van der Waals surface area contributed by atoms with Gasteiger partial charge in [-0.2, -0.15) is 0 Å². The highest BCUT2D eigenvalue weighted by molar-refractivity contribution is 9.10. The van der Waals surface area contributed by atoms with Crippen LogP contribution >= 0.6 is 15.9 Å². The summed E-state index contributed by atoms with van der Waals surface area (Å²) in [5, 5.41) is 0. The molecule has 0 unspecified atom stereocenters. The summed E-state index contributed by atoms with van der Waals surface area (Å²) in [6, 6.07) is 7.20. The molecule has 1 atom stereocenters. The lowest BCUT2D eigenvalue weighted by atomic mass is 9.85. The van der Waals surface area contributed by atoms with Crippen molar-refractivity contribution in [3.63, 3.8) is 0 Å². The summed E-state index contributed by atoms with van der Waals surface area (Å²) >= 11 is 3.38. The first-order chi connectivity index (χ1) is 12.7. The van der Waals surface area contributed by atoms with Gasteiger partial charge in [0.05, 0.1) is 6.61 Å². The lowest BCUT2D eigenvalue weighted by Gasteiger charge is -2.35. The molecule has 0 aliphatic carbocycles. The fourth-order valence-corrected chi connectivity index (χ4v) is 3.05. The zero-order chi connectivity index (χ0) is 20.0. The van der Waals surface area contributed by atoms with E-state index < -0.39 is 35.7 Å². The molecule has 1 fully saturated rings. The molecule has 8 heteroatoms. The Morgan fingerprint density at radius 3 is 2.52 bits per heavy atom. The minimum Gasteiger partial charge on any atom is -0.435 e. The van der Waals surface area contributed by atoms with E-state index >= 15 is 0 Å². The molecule has 0 N–H and O–H groups in total. The third kappa shape index (κ3) is 5.82. The summed E-state index contributed by atoms with van der Waals surface area (Å²) in [6.45, 7) is 4.80. The number of ether oxygens (including phenoxy) is 4. The standard InChI is InChI=1S/C19H21BrO7/c1-4-24-18(23)25-10-6-9-14(12-7-5-8-13(20)11-12)15-16(21)26-19(2,3)27-17(15)22/h5-9,11,14-15H,4,10H2,1-3H3/b9-6+/t14-/m0/s1. The number of allylic oxidation sites excluding steroid dienone is 1. The van der Waals surface area contributed by atoms with Crippen molar-refractivity contribution in [3.8, 4) is 0 Å². The molecular formula is C19H21BrO7. The predicted octanol–water partition coefficient (Wildman–Crippen LogP) is 3.71. The van der Waals surface area contributed by atoms with Crippen LogP contribution in [0.4, 0.5) is 4.79 Å². The average molecular weight is 441 g/mol. The van der Waals surface area contributed by atoms with Crippen molar-refractivity contribution < 1.29 is 33.3 Å². The van der Waals surface area contributed by atoms with E-state index in [0.717, 1.165) is 4.47 Å². The van der Waals surface area contributed by atoms with Crippen LogP contribution in [0.5, 0.6) is 0 Å². The van der Waals surface area contributed by atoms with Crippen LogP contribution in [0, 0.1) is 5.92 Å². The molecule has 0 aromatic heterocycles. The van der Waals surface area contributed by atoms with Crippen molar-refractivity contribution in [1.29, 1.82) is 0 Å². The van der Waals surface area contributed by atoms with E-state index in [0.29, 0.717) is 5.56 Å². The van der Waals surface area contributed by atoms with Gasteiger partial charge in [-0.1, -0.05) is 40.2 Å². The van der Waals surface area contributed by atoms with Crippen LogP contribution in [-0.2, 0) is 28.5 Å². The summed E-state index contributed by atoms with van der Waals surface area (Å²) in [5.74, 6) is -4.45. The first-order valence-corrected chi connectivity index (χ1v) is 9.20. The third-order valence-corrected chi connectivity index (χ3v) is 4.19. The van der Waals surface area contributed by atoms with Crippen LogP contribution in [0.1, 0.15) is 32.3 Å². The molecule has 7 nitrogen and oxygen atoms in total. The Labute approximate surface area is 165 Å². The molecule has 1 aliphatic heterocycles. The van der Waals surface area contributed by atoms with E-state index in [2.05, 4.69) is 20.7 Å². The van der Waals surface area contributed by atoms with Crippen LogP contribution in [0.3, 0.4) is 0 Å². The third-order valence-electron chi connectivity index (χ3n) is 3.70. The van der Waals surface area contributed by atoms with Crippen LogP contribution in [0.2, 0.25) is 0 Å². The molecule has 0 spiro atoms. The molecule has 0 bridgehead atoms. The molecule has 1 aliphatic rings. The van der Waals surface area contributed by atoms with Crippen LogP contribution in [0.25, 0.3) is 0 Å². The van der Waals surface area contributed by atoms with Gasteiger partial charge in [0.2, 0.25) is 0 Å². The van der Waals surface area contributed by atoms with Gasteiger partial charge in [0.1, 0.15) is 6.61 Å². The molecule has 0 radical (unpaired) electrons. The monoisotopic (exact) mass is 440 g/mol. The molecule has 2 rings (SSSR count). The molecule has 146 valence electrons. The van der Waals surface area contributed by atoms with Crippen molar-refractivity contribution in [2.75, 3.05) is 13.2 Å². The lowest BCUT2D eigenvalue weighted by Crippen LogP contribution is -2.48. The van der Waals surface area contributed by atoms with Gasteiger partial charge in [0.15, 0.2) is 5.92 Å². The Morgan fingerprint density at radius 1 is 1.26 bits per heavy atom. The van der Waals surface area contributed by atoms with Crippen molar-refractivity contribution in [1.82, 2.24) is 0 Å². The topological polar surface area (TPSA) is 88.1 Å². The Morgan fingerprint density at radius 2 is 1.93 bits per heavy atom. The van der Waals surface area contributed by atoms with Gasteiger partial charge in [-0.3, -0.25) is 9.59 Å². The highest BCUT2D eigenvalue weighted by Crippen LogP contribution is 2.35. The number of cyclic esters (lactones) is 2. The number of hydrogen-bond acceptors (Lipinski definition) is 7. The first kappa shape index (κ1) is 21.0. The fraction of sp³-hybridized carbons (Fsp3) is 0.421. The maximum atomic E-state index is 12.5. The Balaban J connectivity index is 2.24. The number of halogens is 1. The van der Waals surface area contributed by atoms with E-state index in [4.69, 9.17) is 14.2 Å². The van der Waals surface area contributed by atoms with Crippen molar-refractivity contribution in [3.05, 3.63) is 46.5 Å². The van der Waals surface area contributed by atoms with E-state index in [9.17, 15) is 14.4 Å². The van der Waals surface area contributed by atoms with Crippen LogP contribution in [0.15, 0.2) is 40.9 Å². The van der Waals surface area contributed by atoms with Crippen LogP contribution < -0.4 is 0 Å². The second-order valence-corrected chi connectivity index (χ2v) is 7.14. The summed E-state index contributed by atoms with van der Waals surface area (Å²) in [6.07, 6.45) is 2.37. The molecule has 27 heavy (non-hydrogen) atoms. The van der Waals surface area contributed by atoms with Crippen molar-refractivity contribution >= 4 is 34.0 Å². The smallest absolute Gasteiger partial charge is 0.435 e. The SMILES string of the molecule is CCOC(=O)OC/C=C/[C@@H](c1cccc(Br)c1)C1C(=O)OC(C)(C)OC1=O. The fourth-order valence-electron chi connectivity index (χ4n) is 2.63. The van der Waals surface area contributed by atoms with Crippen molar-refractivity contribution in [2.24, 2.45) is 5.92 Å². The highest BCUT2D eigenvalue weighted by atomic mass is 79.9. The Hall–Kier alpha value is -2.35. The highest BCUT2D eigenvalue weighted by Gasteiger charge is 2.46. The maximum absolute atomic E-state index is 12.5. The molecular weight excluding hydrogens is 420 g/mol. The molecule has 0 saturated carbocycles. The molecule has 1 aromatic carbocycles. The van der Waals surface area contributed by atoms with Gasteiger partial charge in [-0.05, 0) is 24.6 Å². The zero-order valence-electron chi connectivity index (χ0n) is 15.3. The van der Waals surface area contributed by atoms with Gasteiger partial charge in [-0.15, -0.1) is 0 Å². The number of hydrogen-bond donors (Lipinski definition) is 0. The quantitative estimate of drug-likeness (QED) is 0.378. The predicted molar refractivity (Wildman–Crippen MR) is 98.8 cm³/mol. The molecule has 1 saturated heterocycles. The number of benzene rings is 1. The van der Waals surface area contributed by atoms with Gasteiger partial charge in [0, 0.05) is 24.2 Å². The Kier molecular flexibility index (Phi) is 7.01. The molecule has 1 aromatic rings. The average Bonchev–Trinajstić information content (AvgIpc) is 2.55. The number of esters is 2. The van der Waals surface area contributed by atoms with Gasteiger partial charge in [-0.25, -0.2) is 4.79 Å². The minimum absolute atomic E-state index is 0.0638. The van der Waals surface area contributed by atoms with Crippen LogP contribution in [-0.4, -0.2) is 37.1 Å². The molecule has 1 heterocycles.